The average molecular weight is 400 g/mol. The van der Waals surface area contributed by atoms with E-state index in [1.807, 2.05) is 0 Å². The second kappa shape index (κ2) is 7.24. The fraction of sp³-hybridized carbons (Fsp3) is 0.300. The van der Waals surface area contributed by atoms with Crippen LogP contribution in [0.3, 0.4) is 0 Å². The Bertz CT molecular complexity index is 1180. The van der Waals surface area contributed by atoms with Crippen LogP contribution in [0, 0.1) is 6.92 Å². The van der Waals surface area contributed by atoms with Gasteiger partial charge in [0.2, 0.25) is 0 Å². The number of carbonyl (C=O) groups is 1. The fourth-order valence-electron chi connectivity index (χ4n) is 3.63. The first-order valence-electron chi connectivity index (χ1n) is 9.01. The number of piperidine rings is 1. The summed E-state index contributed by atoms with van der Waals surface area (Å²) >= 11 is 6.00. The third-order valence-electron chi connectivity index (χ3n) is 4.93. The van der Waals surface area contributed by atoms with E-state index >= 15 is 0 Å². The molecule has 0 aliphatic carbocycles. The molecule has 4 rings (SSSR count). The molecule has 1 aliphatic heterocycles. The van der Waals surface area contributed by atoms with Gasteiger partial charge >= 0.3 is 5.63 Å². The summed E-state index contributed by atoms with van der Waals surface area (Å²) in [6.07, 6.45) is 1.58. The number of H-pyrrole nitrogens is 1. The molecular weight excluding hydrogens is 382 g/mol. The number of fused-ring (bicyclic) bond motifs is 1. The van der Waals surface area contributed by atoms with E-state index in [9.17, 15) is 14.4 Å². The maximum absolute atomic E-state index is 13.0. The molecule has 1 atom stereocenters. The molecule has 2 aromatic heterocycles. The smallest absolute Gasteiger partial charge is 0.349 e. The Morgan fingerprint density at radius 1 is 1.29 bits per heavy atom. The van der Waals surface area contributed by atoms with E-state index < -0.39 is 5.63 Å². The van der Waals surface area contributed by atoms with E-state index in [1.54, 1.807) is 30.0 Å². The summed E-state index contributed by atoms with van der Waals surface area (Å²) < 4.78 is 5.28. The Kier molecular flexibility index (Phi) is 4.77. The van der Waals surface area contributed by atoms with Gasteiger partial charge < -0.3 is 14.3 Å². The lowest BCUT2D eigenvalue weighted by molar-refractivity contribution is 0.0701. The molecule has 1 N–H and O–H groups in total. The minimum Gasteiger partial charge on any atom is -0.422 e. The number of aromatic nitrogens is 2. The molecule has 1 fully saturated rings. The standard InChI is InChI=1S/C20H18ClN3O4/c1-11-22-16(9-18(25)23-11)12-3-2-6-24(10-12)19(26)15-8-13-7-14(21)4-5-17(13)28-20(15)27/h4-5,7-9,12H,2-3,6,10H2,1H3,(H,22,23,25). The van der Waals surface area contributed by atoms with Gasteiger partial charge in [0.05, 0.1) is 5.69 Å². The van der Waals surface area contributed by atoms with Gasteiger partial charge in [-0.3, -0.25) is 9.59 Å². The van der Waals surface area contributed by atoms with Crippen LogP contribution in [0.25, 0.3) is 11.0 Å². The van der Waals surface area contributed by atoms with Crippen molar-refractivity contribution in [3.05, 3.63) is 73.2 Å². The van der Waals surface area contributed by atoms with Gasteiger partial charge in [-0.2, -0.15) is 0 Å². The maximum Gasteiger partial charge on any atom is 0.349 e. The van der Waals surface area contributed by atoms with E-state index in [4.69, 9.17) is 16.0 Å². The fourth-order valence-corrected chi connectivity index (χ4v) is 3.81. The molecule has 144 valence electrons. The van der Waals surface area contributed by atoms with Crippen molar-refractivity contribution in [3.63, 3.8) is 0 Å². The molecule has 0 spiro atoms. The highest BCUT2D eigenvalue weighted by Gasteiger charge is 2.28. The van der Waals surface area contributed by atoms with Crippen molar-refractivity contribution in [1.82, 2.24) is 14.9 Å². The van der Waals surface area contributed by atoms with Crippen molar-refractivity contribution in [2.75, 3.05) is 13.1 Å². The third-order valence-corrected chi connectivity index (χ3v) is 5.17. The van der Waals surface area contributed by atoms with Gasteiger partial charge in [0.25, 0.3) is 11.5 Å². The van der Waals surface area contributed by atoms with E-state index in [0.717, 1.165) is 12.8 Å². The molecule has 1 saturated heterocycles. The van der Waals surface area contributed by atoms with Gasteiger partial charge in [0.15, 0.2) is 0 Å². The van der Waals surface area contributed by atoms with Gasteiger partial charge in [-0.15, -0.1) is 0 Å². The molecule has 7 nitrogen and oxygen atoms in total. The summed E-state index contributed by atoms with van der Waals surface area (Å²) in [5.74, 6) is 0.0977. The van der Waals surface area contributed by atoms with Gasteiger partial charge in [-0.25, -0.2) is 9.78 Å². The lowest BCUT2D eigenvalue weighted by Gasteiger charge is -2.32. The highest BCUT2D eigenvalue weighted by Crippen LogP contribution is 2.26. The van der Waals surface area contributed by atoms with Gasteiger partial charge in [0.1, 0.15) is 17.0 Å². The number of likely N-dealkylation sites (tertiary alicyclic amines) is 1. The first kappa shape index (κ1) is 18.4. The summed E-state index contributed by atoms with van der Waals surface area (Å²) in [4.78, 5) is 45.7. The van der Waals surface area contributed by atoms with Crippen molar-refractivity contribution in [2.45, 2.75) is 25.7 Å². The second-order valence-corrected chi connectivity index (χ2v) is 7.41. The predicted molar refractivity (Wildman–Crippen MR) is 105 cm³/mol. The van der Waals surface area contributed by atoms with Crippen molar-refractivity contribution in [3.8, 4) is 0 Å². The van der Waals surface area contributed by atoms with Gasteiger partial charge in [-0.05, 0) is 44.0 Å². The Hall–Kier alpha value is -2.93. The number of hydrogen-bond acceptors (Lipinski definition) is 5. The summed E-state index contributed by atoms with van der Waals surface area (Å²) in [6, 6.07) is 7.87. The van der Waals surface area contributed by atoms with Gasteiger partial charge in [0, 0.05) is 35.5 Å². The number of nitrogens with one attached hydrogen (secondary N) is 1. The number of benzene rings is 1. The number of rotatable bonds is 2. The van der Waals surface area contributed by atoms with Crippen LogP contribution in [0.1, 0.15) is 40.6 Å². The van der Waals surface area contributed by atoms with Crippen molar-refractivity contribution < 1.29 is 9.21 Å². The lowest BCUT2D eigenvalue weighted by atomic mass is 9.94. The third kappa shape index (κ3) is 3.57. The molecule has 3 heterocycles. The van der Waals surface area contributed by atoms with Crippen molar-refractivity contribution >= 4 is 28.5 Å². The number of hydrogen-bond donors (Lipinski definition) is 1. The molecule has 1 aliphatic rings. The molecule has 8 heteroatoms. The maximum atomic E-state index is 13.0. The molecule has 3 aromatic rings. The Morgan fingerprint density at radius 2 is 2.11 bits per heavy atom. The van der Waals surface area contributed by atoms with Crippen molar-refractivity contribution in [2.24, 2.45) is 0 Å². The highest BCUT2D eigenvalue weighted by molar-refractivity contribution is 6.31. The summed E-state index contributed by atoms with van der Waals surface area (Å²) in [5.41, 5.74) is 0.136. The summed E-state index contributed by atoms with van der Waals surface area (Å²) in [7, 11) is 0. The second-order valence-electron chi connectivity index (χ2n) is 6.98. The van der Waals surface area contributed by atoms with Crippen LogP contribution >= 0.6 is 11.6 Å². The minimum absolute atomic E-state index is 0.0227. The van der Waals surface area contributed by atoms with Crippen LogP contribution in [0.4, 0.5) is 0 Å². The van der Waals surface area contributed by atoms with Crippen LogP contribution in [0.5, 0.6) is 0 Å². The molecule has 1 amide bonds. The van der Waals surface area contributed by atoms with E-state index in [0.29, 0.717) is 40.6 Å². The number of aryl methyl sites for hydroxylation is 1. The van der Waals surface area contributed by atoms with E-state index in [2.05, 4.69) is 9.97 Å². The zero-order valence-corrected chi connectivity index (χ0v) is 16.0. The summed E-state index contributed by atoms with van der Waals surface area (Å²) in [5, 5.41) is 1.09. The Labute approximate surface area is 165 Å². The Balaban J connectivity index is 1.64. The molecule has 28 heavy (non-hydrogen) atoms. The number of amides is 1. The lowest BCUT2D eigenvalue weighted by Crippen LogP contribution is -2.41. The molecule has 1 unspecified atom stereocenters. The quantitative estimate of drug-likeness (QED) is 0.668. The topological polar surface area (TPSA) is 96.3 Å². The highest BCUT2D eigenvalue weighted by atomic mass is 35.5. The Morgan fingerprint density at radius 3 is 2.89 bits per heavy atom. The van der Waals surface area contributed by atoms with Crippen molar-refractivity contribution in [1.29, 1.82) is 0 Å². The largest absolute Gasteiger partial charge is 0.422 e. The monoisotopic (exact) mass is 399 g/mol. The predicted octanol–water partition coefficient (Wildman–Crippen LogP) is 2.86. The van der Waals surface area contributed by atoms with Crippen LogP contribution in [0.2, 0.25) is 5.02 Å². The zero-order chi connectivity index (χ0) is 19.8. The minimum atomic E-state index is -0.674. The first-order chi connectivity index (χ1) is 13.4. The number of aromatic amines is 1. The number of halogens is 1. The van der Waals surface area contributed by atoms with Crippen LogP contribution in [-0.4, -0.2) is 33.9 Å². The van der Waals surface area contributed by atoms with E-state index in [1.165, 1.54) is 12.1 Å². The number of carbonyl (C=O) groups excluding carboxylic acids is 1. The SMILES string of the molecule is Cc1nc(C2CCCN(C(=O)c3cc4cc(Cl)ccc4oc3=O)C2)cc(=O)[nH]1. The van der Waals surface area contributed by atoms with Crippen LogP contribution < -0.4 is 11.2 Å². The molecule has 1 aromatic carbocycles. The summed E-state index contributed by atoms with van der Waals surface area (Å²) in [6.45, 7) is 2.65. The van der Waals surface area contributed by atoms with Crippen LogP contribution in [-0.2, 0) is 0 Å². The normalized spacial score (nSPS) is 17.1. The molecule has 0 radical (unpaired) electrons. The molecular formula is C20H18ClN3O4. The van der Waals surface area contributed by atoms with Crippen LogP contribution in [0.15, 0.2) is 44.3 Å². The van der Waals surface area contributed by atoms with E-state index in [-0.39, 0.29) is 22.9 Å². The zero-order valence-electron chi connectivity index (χ0n) is 15.2. The average Bonchev–Trinajstić information content (AvgIpc) is 2.66. The number of nitrogens with zero attached hydrogens (tertiary/aromatic N) is 2. The first-order valence-corrected chi connectivity index (χ1v) is 9.39. The molecule has 0 bridgehead atoms. The van der Waals surface area contributed by atoms with Gasteiger partial charge in [-0.1, -0.05) is 11.6 Å². The molecule has 0 saturated carbocycles.